The lowest BCUT2D eigenvalue weighted by Crippen LogP contribution is -2.48. The average molecular weight is 503 g/mol. The first-order valence-electron chi connectivity index (χ1n) is 10.0. The molecule has 0 spiro atoms. The van der Waals surface area contributed by atoms with Crippen molar-refractivity contribution in [1.82, 2.24) is 10.6 Å². The standard InChI is InChI=1S/C21H33N3OS.HI/c1-3-26(25)19-11-7-10-18(14-19)24-20(22-2)23-16-21(12-13-21)15-17-8-5-4-6-9-17;/h4-6,8-9,18-19H,3,7,10-16H2,1-2H3,(H2,22,23,24);1H. The molecule has 27 heavy (non-hydrogen) atoms. The van der Waals surface area contributed by atoms with Crippen LogP contribution < -0.4 is 10.6 Å². The number of rotatable bonds is 7. The zero-order valence-corrected chi connectivity index (χ0v) is 19.7. The van der Waals surface area contributed by atoms with E-state index in [-0.39, 0.29) is 24.0 Å². The van der Waals surface area contributed by atoms with Gasteiger partial charge in [0.1, 0.15) is 0 Å². The van der Waals surface area contributed by atoms with Crippen molar-refractivity contribution in [2.24, 2.45) is 10.4 Å². The van der Waals surface area contributed by atoms with E-state index in [2.05, 4.69) is 46.0 Å². The van der Waals surface area contributed by atoms with Gasteiger partial charge in [-0.3, -0.25) is 9.20 Å². The van der Waals surface area contributed by atoms with Gasteiger partial charge in [-0.1, -0.05) is 43.7 Å². The maximum absolute atomic E-state index is 12.1. The molecule has 3 atom stereocenters. The van der Waals surface area contributed by atoms with Gasteiger partial charge in [0.25, 0.3) is 0 Å². The van der Waals surface area contributed by atoms with Crippen LogP contribution in [0.15, 0.2) is 35.3 Å². The lowest BCUT2D eigenvalue weighted by molar-refractivity contribution is 0.410. The number of benzene rings is 1. The normalized spacial score (nSPS) is 25.2. The molecule has 2 fully saturated rings. The third-order valence-corrected chi connectivity index (χ3v) is 7.60. The maximum Gasteiger partial charge on any atom is 0.191 e. The third kappa shape index (κ3) is 6.73. The molecule has 0 aromatic heterocycles. The van der Waals surface area contributed by atoms with Crippen LogP contribution in [0.25, 0.3) is 0 Å². The van der Waals surface area contributed by atoms with Crippen LogP contribution in [0.3, 0.4) is 0 Å². The minimum absolute atomic E-state index is 0. The van der Waals surface area contributed by atoms with Gasteiger partial charge in [-0.25, -0.2) is 0 Å². The Labute approximate surface area is 183 Å². The highest BCUT2D eigenvalue weighted by molar-refractivity contribution is 14.0. The van der Waals surface area contributed by atoms with Crippen LogP contribution in [-0.2, 0) is 17.2 Å². The minimum atomic E-state index is -0.682. The van der Waals surface area contributed by atoms with Crippen LogP contribution >= 0.6 is 24.0 Å². The Bertz CT molecular complexity index is 634. The number of guanidine groups is 1. The van der Waals surface area contributed by atoms with E-state index in [0.717, 1.165) is 50.4 Å². The van der Waals surface area contributed by atoms with Gasteiger partial charge in [0.2, 0.25) is 0 Å². The number of nitrogens with one attached hydrogen (secondary N) is 2. The van der Waals surface area contributed by atoms with Gasteiger partial charge in [-0.2, -0.15) is 0 Å². The highest BCUT2D eigenvalue weighted by Gasteiger charge is 2.42. The summed E-state index contributed by atoms with van der Waals surface area (Å²) in [6, 6.07) is 11.2. The zero-order chi connectivity index (χ0) is 18.4. The van der Waals surface area contributed by atoms with Gasteiger partial charge in [0.05, 0.1) is 0 Å². The van der Waals surface area contributed by atoms with Crippen LogP contribution in [0.1, 0.15) is 51.0 Å². The van der Waals surface area contributed by atoms with E-state index < -0.39 is 10.8 Å². The fraction of sp³-hybridized carbons (Fsp3) is 0.667. The van der Waals surface area contributed by atoms with Crippen molar-refractivity contribution in [3.8, 4) is 0 Å². The Balaban J connectivity index is 0.00000261. The van der Waals surface area contributed by atoms with Gasteiger partial charge >= 0.3 is 0 Å². The summed E-state index contributed by atoms with van der Waals surface area (Å²) < 4.78 is 12.1. The van der Waals surface area contributed by atoms with Crippen LogP contribution in [0.2, 0.25) is 0 Å². The number of halogens is 1. The Morgan fingerprint density at radius 2 is 2.00 bits per heavy atom. The molecule has 6 heteroatoms. The summed E-state index contributed by atoms with van der Waals surface area (Å²) in [6.07, 6.45) is 8.11. The number of aliphatic imine (C=N–C) groups is 1. The van der Waals surface area contributed by atoms with Crippen molar-refractivity contribution in [2.75, 3.05) is 19.3 Å². The summed E-state index contributed by atoms with van der Waals surface area (Å²) >= 11 is 0. The fourth-order valence-electron chi connectivity index (χ4n) is 4.03. The first kappa shape index (κ1) is 22.7. The van der Waals surface area contributed by atoms with Crippen molar-refractivity contribution in [2.45, 2.75) is 63.2 Å². The highest BCUT2D eigenvalue weighted by atomic mass is 127. The molecule has 3 rings (SSSR count). The van der Waals surface area contributed by atoms with Gasteiger partial charge in [-0.15, -0.1) is 24.0 Å². The summed E-state index contributed by atoms with van der Waals surface area (Å²) in [5.74, 6) is 1.67. The molecule has 2 aliphatic carbocycles. The van der Waals surface area contributed by atoms with Crippen molar-refractivity contribution in [3.05, 3.63) is 35.9 Å². The topological polar surface area (TPSA) is 53.5 Å². The van der Waals surface area contributed by atoms with Crippen LogP contribution in [-0.4, -0.2) is 40.8 Å². The van der Waals surface area contributed by atoms with E-state index in [1.807, 2.05) is 14.0 Å². The smallest absolute Gasteiger partial charge is 0.191 e. The number of nitrogens with zero attached hydrogens (tertiary/aromatic N) is 1. The van der Waals surface area contributed by atoms with Crippen molar-refractivity contribution < 1.29 is 4.21 Å². The number of hydrogen-bond acceptors (Lipinski definition) is 2. The Morgan fingerprint density at radius 3 is 2.63 bits per heavy atom. The molecule has 0 amide bonds. The minimum Gasteiger partial charge on any atom is -0.356 e. The maximum atomic E-state index is 12.1. The molecule has 0 aliphatic heterocycles. The SMILES string of the molecule is CCS(=O)C1CCCC(NC(=NC)NCC2(Cc3ccccc3)CC2)C1.I. The third-order valence-electron chi connectivity index (χ3n) is 5.86. The predicted molar refractivity (Wildman–Crippen MR) is 126 cm³/mol. The predicted octanol–water partition coefficient (Wildman–Crippen LogP) is 3.87. The molecule has 0 saturated heterocycles. The molecular weight excluding hydrogens is 469 g/mol. The second-order valence-electron chi connectivity index (χ2n) is 7.89. The van der Waals surface area contributed by atoms with E-state index in [4.69, 9.17) is 0 Å². The first-order chi connectivity index (χ1) is 12.6. The van der Waals surface area contributed by atoms with Crippen LogP contribution in [0, 0.1) is 5.41 Å². The molecule has 0 radical (unpaired) electrons. The molecule has 2 aliphatic rings. The fourth-order valence-corrected chi connectivity index (χ4v) is 5.38. The Morgan fingerprint density at radius 1 is 1.26 bits per heavy atom. The zero-order valence-electron chi connectivity index (χ0n) is 16.6. The summed E-state index contributed by atoms with van der Waals surface area (Å²) in [7, 11) is 1.16. The Hall–Kier alpha value is -0.630. The first-order valence-corrected chi connectivity index (χ1v) is 11.4. The van der Waals surface area contributed by atoms with Gasteiger partial charge in [0, 0.05) is 41.4 Å². The molecule has 1 aromatic carbocycles. The number of hydrogen-bond donors (Lipinski definition) is 2. The highest BCUT2D eigenvalue weighted by Crippen LogP contribution is 2.47. The van der Waals surface area contributed by atoms with Gasteiger partial charge < -0.3 is 10.6 Å². The summed E-state index contributed by atoms with van der Waals surface area (Å²) in [5.41, 5.74) is 1.81. The van der Waals surface area contributed by atoms with Gasteiger partial charge in [0.15, 0.2) is 5.96 Å². The summed E-state index contributed by atoms with van der Waals surface area (Å²) in [4.78, 5) is 4.43. The molecule has 3 unspecified atom stereocenters. The quantitative estimate of drug-likeness (QED) is 0.338. The van der Waals surface area contributed by atoms with Crippen LogP contribution in [0.4, 0.5) is 0 Å². The molecule has 4 nitrogen and oxygen atoms in total. The van der Waals surface area contributed by atoms with E-state index in [1.165, 1.54) is 18.4 Å². The molecule has 1 aromatic rings. The second kappa shape index (κ2) is 10.8. The van der Waals surface area contributed by atoms with Gasteiger partial charge in [-0.05, 0) is 49.5 Å². The molecule has 2 N–H and O–H groups in total. The summed E-state index contributed by atoms with van der Waals surface area (Å²) in [6.45, 7) is 2.99. The van der Waals surface area contributed by atoms with Crippen molar-refractivity contribution in [1.29, 1.82) is 0 Å². The van der Waals surface area contributed by atoms with E-state index in [0.29, 0.717) is 16.7 Å². The average Bonchev–Trinajstić information content (AvgIpc) is 3.45. The largest absolute Gasteiger partial charge is 0.356 e. The molecule has 2 saturated carbocycles. The van der Waals surface area contributed by atoms with Crippen molar-refractivity contribution >= 4 is 40.7 Å². The van der Waals surface area contributed by atoms with Crippen LogP contribution in [0.5, 0.6) is 0 Å². The molecular formula is C21H34IN3OS. The lowest BCUT2D eigenvalue weighted by atomic mass is 9.95. The second-order valence-corrected chi connectivity index (χ2v) is 9.89. The van der Waals surface area contributed by atoms with Crippen molar-refractivity contribution in [3.63, 3.8) is 0 Å². The monoisotopic (exact) mass is 503 g/mol. The lowest BCUT2D eigenvalue weighted by Gasteiger charge is -2.30. The van der Waals surface area contributed by atoms with E-state index >= 15 is 0 Å². The molecule has 0 heterocycles. The summed E-state index contributed by atoms with van der Waals surface area (Å²) in [5, 5.41) is 7.49. The Kier molecular flexibility index (Phi) is 9.05. The van der Waals surface area contributed by atoms with E-state index in [1.54, 1.807) is 0 Å². The molecule has 152 valence electrons. The molecule has 0 bridgehead atoms. The van der Waals surface area contributed by atoms with E-state index in [9.17, 15) is 4.21 Å².